The Labute approximate surface area is 103 Å². The molecule has 0 aliphatic carbocycles. The summed E-state index contributed by atoms with van der Waals surface area (Å²) in [5, 5.41) is 4.03. The first-order chi connectivity index (χ1) is 7.88. The van der Waals surface area contributed by atoms with Crippen molar-refractivity contribution in [1.82, 2.24) is 14.8 Å². The van der Waals surface area contributed by atoms with Gasteiger partial charge in [-0.05, 0) is 28.1 Å². The molecule has 0 bridgehead atoms. The topological polar surface area (TPSA) is 30.7 Å². The first kappa shape index (κ1) is 12.1. The van der Waals surface area contributed by atoms with Gasteiger partial charge in [0.1, 0.15) is 4.60 Å². The second-order valence-electron chi connectivity index (χ2n) is 3.41. The Bertz CT molecular complexity index is 531. The zero-order chi connectivity index (χ0) is 12.6. The van der Waals surface area contributed by atoms with Crippen LogP contribution in [0.3, 0.4) is 0 Å². The van der Waals surface area contributed by atoms with Crippen molar-refractivity contribution in [3.05, 3.63) is 34.6 Å². The van der Waals surface area contributed by atoms with Gasteiger partial charge in [0.15, 0.2) is 0 Å². The molecule has 0 saturated heterocycles. The Morgan fingerprint density at radius 3 is 2.41 bits per heavy atom. The van der Waals surface area contributed by atoms with Crippen LogP contribution in [0.1, 0.15) is 5.56 Å². The van der Waals surface area contributed by atoms with E-state index in [0.29, 0.717) is 16.0 Å². The predicted molar refractivity (Wildman–Crippen MR) is 59.1 cm³/mol. The van der Waals surface area contributed by atoms with E-state index in [-0.39, 0.29) is 0 Å². The van der Waals surface area contributed by atoms with Crippen LogP contribution in [0.5, 0.6) is 0 Å². The maximum absolute atomic E-state index is 12.3. The van der Waals surface area contributed by atoms with Gasteiger partial charge in [0.05, 0.1) is 17.0 Å². The monoisotopic (exact) mass is 305 g/mol. The second-order valence-corrected chi connectivity index (χ2v) is 4.22. The number of aryl methyl sites for hydroxylation is 1. The van der Waals surface area contributed by atoms with Crippen molar-refractivity contribution in [2.75, 3.05) is 0 Å². The summed E-state index contributed by atoms with van der Waals surface area (Å²) in [6, 6.07) is 4.02. The fraction of sp³-hybridized carbons (Fsp3) is 0.200. The van der Waals surface area contributed by atoms with E-state index >= 15 is 0 Å². The molecule has 0 N–H and O–H groups in total. The molecule has 2 heterocycles. The molecule has 0 fully saturated rings. The van der Waals surface area contributed by atoms with Gasteiger partial charge in [0.25, 0.3) is 0 Å². The minimum Gasteiger partial charge on any atom is -0.265 e. The molecule has 0 aliphatic rings. The first-order valence-electron chi connectivity index (χ1n) is 4.61. The molecule has 3 nitrogen and oxygen atoms in total. The first-order valence-corrected chi connectivity index (χ1v) is 5.40. The molecule has 0 radical (unpaired) electrons. The van der Waals surface area contributed by atoms with Crippen LogP contribution in [0.15, 0.2) is 29.0 Å². The molecule has 7 heteroatoms. The lowest BCUT2D eigenvalue weighted by atomic mass is 10.2. The van der Waals surface area contributed by atoms with Crippen molar-refractivity contribution in [3.63, 3.8) is 0 Å². The summed E-state index contributed by atoms with van der Waals surface area (Å²) in [4.78, 5) is 3.79. The van der Waals surface area contributed by atoms with E-state index in [1.54, 1.807) is 17.8 Å². The van der Waals surface area contributed by atoms with Crippen LogP contribution in [0.2, 0.25) is 0 Å². The summed E-state index contributed by atoms with van der Waals surface area (Å²) in [5.41, 5.74) is 0.326. The Balaban J connectivity index is 2.39. The van der Waals surface area contributed by atoms with Crippen LogP contribution in [0.4, 0.5) is 13.2 Å². The predicted octanol–water partition coefficient (Wildman–Crippen LogP) is 3.26. The van der Waals surface area contributed by atoms with Crippen LogP contribution in [0.25, 0.3) is 11.4 Å². The van der Waals surface area contributed by atoms with Gasteiger partial charge in [-0.3, -0.25) is 9.67 Å². The quantitative estimate of drug-likeness (QED) is 0.809. The molecule has 2 aromatic rings. The van der Waals surface area contributed by atoms with Crippen molar-refractivity contribution < 1.29 is 13.2 Å². The molecule has 2 rings (SSSR count). The van der Waals surface area contributed by atoms with Gasteiger partial charge in [-0.2, -0.15) is 18.3 Å². The summed E-state index contributed by atoms with van der Waals surface area (Å²) in [5.74, 6) is 0. The molecule has 0 spiro atoms. The number of hydrogen-bond donors (Lipinski definition) is 0. The zero-order valence-electron chi connectivity index (χ0n) is 8.66. The zero-order valence-corrected chi connectivity index (χ0v) is 10.2. The number of hydrogen-bond acceptors (Lipinski definition) is 2. The average Bonchev–Trinajstić information content (AvgIpc) is 2.57. The molecule has 2 aromatic heterocycles. The molecule has 0 atom stereocenters. The van der Waals surface area contributed by atoms with E-state index in [0.717, 1.165) is 12.3 Å². The van der Waals surface area contributed by atoms with Crippen molar-refractivity contribution in [2.45, 2.75) is 6.18 Å². The highest BCUT2D eigenvalue weighted by atomic mass is 79.9. The van der Waals surface area contributed by atoms with E-state index in [1.807, 2.05) is 0 Å². The molecule has 17 heavy (non-hydrogen) atoms. The van der Waals surface area contributed by atoms with E-state index < -0.39 is 11.7 Å². The maximum atomic E-state index is 12.3. The number of pyridine rings is 1. The van der Waals surface area contributed by atoms with Gasteiger partial charge >= 0.3 is 6.18 Å². The Morgan fingerprint density at radius 1 is 1.29 bits per heavy atom. The highest BCUT2D eigenvalue weighted by Gasteiger charge is 2.30. The average molecular weight is 306 g/mol. The summed E-state index contributed by atoms with van der Waals surface area (Å²) in [7, 11) is 1.69. The van der Waals surface area contributed by atoms with Gasteiger partial charge < -0.3 is 0 Å². The molecular formula is C10H7BrF3N3. The van der Waals surface area contributed by atoms with Crippen LogP contribution in [-0.4, -0.2) is 14.8 Å². The summed E-state index contributed by atoms with van der Waals surface area (Å²) >= 11 is 3.19. The number of aromatic nitrogens is 3. The Hall–Kier alpha value is -1.37. The number of rotatable bonds is 1. The minimum absolute atomic E-state index is 0.443. The molecule has 0 aliphatic heterocycles. The van der Waals surface area contributed by atoms with Crippen molar-refractivity contribution in [3.8, 4) is 11.4 Å². The molecular weight excluding hydrogens is 299 g/mol. The van der Waals surface area contributed by atoms with Crippen molar-refractivity contribution >= 4 is 15.9 Å². The third kappa shape index (κ3) is 2.49. The molecule has 0 unspecified atom stereocenters. The highest BCUT2D eigenvalue weighted by molar-refractivity contribution is 9.10. The molecule has 0 aromatic carbocycles. The summed E-state index contributed by atoms with van der Waals surface area (Å²) in [6.07, 6.45) is -3.55. The van der Waals surface area contributed by atoms with Crippen LogP contribution < -0.4 is 0 Å². The second kappa shape index (κ2) is 4.14. The number of nitrogens with zero attached hydrogens (tertiary/aromatic N) is 3. The number of alkyl halides is 3. The van der Waals surface area contributed by atoms with Gasteiger partial charge in [0.2, 0.25) is 0 Å². The van der Waals surface area contributed by atoms with Gasteiger partial charge in [-0.15, -0.1) is 0 Å². The maximum Gasteiger partial charge on any atom is 0.417 e. The van der Waals surface area contributed by atoms with E-state index in [9.17, 15) is 13.2 Å². The lowest BCUT2D eigenvalue weighted by Gasteiger charge is -2.06. The standard InChI is InChI=1S/C10H7BrF3N3/c1-17-8(4-9(11)16-17)7-3-2-6(5-15-7)10(12,13)14/h2-5H,1H3. The van der Waals surface area contributed by atoms with E-state index in [2.05, 4.69) is 26.0 Å². The van der Waals surface area contributed by atoms with Gasteiger partial charge in [-0.25, -0.2) is 0 Å². The third-order valence-corrected chi connectivity index (χ3v) is 2.59. The smallest absolute Gasteiger partial charge is 0.265 e. The Kier molecular flexibility index (Phi) is 2.94. The minimum atomic E-state index is -4.36. The third-order valence-electron chi connectivity index (χ3n) is 2.20. The fourth-order valence-corrected chi connectivity index (χ4v) is 1.84. The van der Waals surface area contributed by atoms with Crippen LogP contribution in [0, 0.1) is 0 Å². The van der Waals surface area contributed by atoms with Crippen LogP contribution >= 0.6 is 15.9 Å². The highest BCUT2D eigenvalue weighted by Crippen LogP contribution is 2.29. The molecule has 0 saturated carbocycles. The van der Waals surface area contributed by atoms with Crippen LogP contribution in [-0.2, 0) is 13.2 Å². The van der Waals surface area contributed by atoms with Gasteiger partial charge in [-0.1, -0.05) is 0 Å². The normalized spacial score (nSPS) is 11.8. The number of halogens is 4. The largest absolute Gasteiger partial charge is 0.417 e. The van der Waals surface area contributed by atoms with E-state index in [1.165, 1.54) is 6.07 Å². The lowest BCUT2D eigenvalue weighted by Crippen LogP contribution is -2.05. The van der Waals surface area contributed by atoms with Crippen molar-refractivity contribution in [2.24, 2.45) is 7.05 Å². The SMILES string of the molecule is Cn1nc(Br)cc1-c1ccc(C(F)(F)F)cn1. The van der Waals surface area contributed by atoms with Gasteiger partial charge in [0, 0.05) is 19.3 Å². The fourth-order valence-electron chi connectivity index (χ4n) is 1.39. The lowest BCUT2D eigenvalue weighted by molar-refractivity contribution is -0.137. The van der Waals surface area contributed by atoms with E-state index in [4.69, 9.17) is 0 Å². The summed E-state index contributed by atoms with van der Waals surface area (Å²) < 4.78 is 39.2. The van der Waals surface area contributed by atoms with Crippen molar-refractivity contribution in [1.29, 1.82) is 0 Å². The molecule has 90 valence electrons. The Morgan fingerprint density at radius 2 is 2.00 bits per heavy atom. The summed E-state index contributed by atoms with van der Waals surface area (Å²) in [6.45, 7) is 0. The molecule has 0 amide bonds.